The van der Waals surface area contributed by atoms with Crippen LogP contribution in [0.5, 0.6) is 0 Å². The molecule has 3 amide bonds. The standard InChI is InChI=1S/C23H24N4O2/c1-15-6-4-5-7-21(15)27-16(2)14-20(17(27)3)22(28)25-18-8-10-19(11-9-18)26-13-12-24-23(26)29/h4-11,14H,12-13H2,1-3H3,(H,24,29)(H,25,28). The van der Waals surface area contributed by atoms with Crippen molar-refractivity contribution in [3.63, 3.8) is 0 Å². The van der Waals surface area contributed by atoms with Gasteiger partial charge in [0.25, 0.3) is 5.91 Å². The van der Waals surface area contributed by atoms with Gasteiger partial charge in [-0.1, -0.05) is 18.2 Å². The molecule has 1 fully saturated rings. The highest BCUT2D eigenvalue weighted by Gasteiger charge is 2.21. The fourth-order valence-corrected chi connectivity index (χ4v) is 3.82. The van der Waals surface area contributed by atoms with Gasteiger partial charge in [0.2, 0.25) is 0 Å². The largest absolute Gasteiger partial charge is 0.336 e. The van der Waals surface area contributed by atoms with Crippen molar-refractivity contribution in [3.05, 3.63) is 77.1 Å². The smallest absolute Gasteiger partial charge is 0.321 e. The Bertz CT molecular complexity index is 1080. The number of carbonyl (C=O) groups is 2. The lowest BCUT2D eigenvalue weighted by Gasteiger charge is -2.15. The molecule has 29 heavy (non-hydrogen) atoms. The van der Waals surface area contributed by atoms with Crippen LogP contribution in [-0.2, 0) is 0 Å². The SMILES string of the molecule is Cc1ccccc1-n1c(C)cc(C(=O)Nc2ccc(N3CCNC3=O)cc2)c1C. The van der Waals surface area contributed by atoms with E-state index in [1.807, 2.05) is 56.3 Å². The first-order valence-electron chi connectivity index (χ1n) is 9.67. The van der Waals surface area contributed by atoms with Crippen LogP contribution in [0.3, 0.4) is 0 Å². The molecule has 2 heterocycles. The molecule has 0 atom stereocenters. The van der Waals surface area contributed by atoms with Gasteiger partial charge in [-0.15, -0.1) is 0 Å². The summed E-state index contributed by atoms with van der Waals surface area (Å²) in [5.41, 5.74) is 6.30. The lowest BCUT2D eigenvalue weighted by molar-refractivity contribution is 0.102. The van der Waals surface area contributed by atoms with Crippen molar-refractivity contribution < 1.29 is 9.59 Å². The summed E-state index contributed by atoms with van der Waals surface area (Å²) < 4.78 is 2.11. The number of aromatic nitrogens is 1. The maximum absolute atomic E-state index is 12.9. The van der Waals surface area contributed by atoms with E-state index < -0.39 is 0 Å². The van der Waals surface area contributed by atoms with Crippen molar-refractivity contribution in [3.8, 4) is 5.69 Å². The third kappa shape index (κ3) is 3.49. The van der Waals surface area contributed by atoms with E-state index in [4.69, 9.17) is 0 Å². The number of benzene rings is 2. The molecule has 0 radical (unpaired) electrons. The van der Waals surface area contributed by atoms with Crippen LogP contribution in [0.4, 0.5) is 16.2 Å². The lowest BCUT2D eigenvalue weighted by Crippen LogP contribution is -2.27. The molecule has 2 N–H and O–H groups in total. The summed E-state index contributed by atoms with van der Waals surface area (Å²) in [6, 6.07) is 17.3. The minimum atomic E-state index is -0.149. The average molecular weight is 388 g/mol. The number of aryl methyl sites for hydroxylation is 2. The summed E-state index contributed by atoms with van der Waals surface area (Å²) in [5, 5.41) is 5.75. The fourth-order valence-electron chi connectivity index (χ4n) is 3.82. The summed E-state index contributed by atoms with van der Waals surface area (Å²) in [7, 11) is 0. The number of nitrogens with one attached hydrogen (secondary N) is 2. The zero-order valence-corrected chi connectivity index (χ0v) is 16.8. The molecule has 1 aliphatic rings. The van der Waals surface area contributed by atoms with Gasteiger partial charge in [-0.3, -0.25) is 9.69 Å². The van der Waals surface area contributed by atoms with Gasteiger partial charge < -0.3 is 15.2 Å². The first-order chi connectivity index (χ1) is 14.0. The van der Waals surface area contributed by atoms with E-state index in [1.165, 1.54) is 0 Å². The minimum absolute atomic E-state index is 0.0922. The van der Waals surface area contributed by atoms with Crippen molar-refractivity contribution >= 4 is 23.3 Å². The molecule has 6 nitrogen and oxygen atoms in total. The van der Waals surface area contributed by atoms with Crippen LogP contribution < -0.4 is 15.5 Å². The molecule has 0 spiro atoms. The number of hydrogen-bond donors (Lipinski definition) is 2. The summed E-state index contributed by atoms with van der Waals surface area (Å²) in [6.07, 6.45) is 0. The Morgan fingerprint density at radius 2 is 1.76 bits per heavy atom. The highest BCUT2D eigenvalue weighted by Crippen LogP contribution is 2.25. The molecule has 1 aliphatic heterocycles. The van der Waals surface area contributed by atoms with Gasteiger partial charge in [0, 0.05) is 41.5 Å². The Kier molecular flexibility index (Phi) is 4.84. The van der Waals surface area contributed by atoms with Gasteiger partial charge in [-0.25, -0.2) is 4.79 Å². The Morgan fingerprint density at radius 1 is 1.03 bits per heavy atom. The molecule has 0 aliphatic carbocycles. The molecule has 3 aromatic rings. The minimum Gasteiger partial charge on any atom is -0.336 e. The summed E-state index contributed by atoms with van der Waals surface area (Å²) in [6.45, 7) is 7.33. The van der Waals surface area contributed by atoms with E-state index in [0.29, 0.717) is 24.3 Å². The summed E-state index contributed by atoms with van der Waals surface area (Å²) in [5.74, 6) is -0.149. The van der Waals surface area contributed by atoms with Crippen molar-refractivity contribution in [2.24, 2.45) is 0 Å². The van der Waals surface area contributed by atoms with Gasteiger partial charge in [-0.2, -0.15) is 0 Å². The van der Waals surface area contributed by atoms with Crippen LogP contribution >= 0.6 is 0 Å². The highest BCUT2D eigenvalue weighted by molar-refractivity contribution is 6.05. The predicted molar refractivity (Wildman–Crippen MR) is 115 cm³/mol. The number of hydrogen-bond acceptors (Lipinski definition) is 2. The quantitative estimate of drug-likeness (QED) is 0.704. The van der Waals surface area contributed by atoms with E-state index in [-0.39, 0.29) is 11.9 Å². The predicted octanol–water partition coefficient (Wildman–Crippen LogP) is 4.18. The van der Waals surface area contributed by atoms with Crippen molar-refractivity contribution in [2.45, 2.75) is 20.8 Å². The maximum atomic E-state index is 12.9. The molecule has 148 valence electrons. The highest BCUT2D eigenvalue weighted by atomic mass is 16.2. The summed E-state index contributed by atoms with van der Waals surface area (Å²) in [4.78, 5) is 26.4. The van der Waals surface area contributed by atoms with Crippen molar-refractivity contribution in [2.75, 3.05) is 23.3 Å². The number of para-hydroxylation sites is 1. The Morgan fingerprint density at radius 3 is 2.41 bits per heavy atom. The first-order valence-corrected chi connectivity index (χ1v) is 9.67. The third-order valence-corrected chi connectivity index (χ3v) is 5.33. The number of anilines is 2. The number of nitrogens with zero attached hydrogens (tertiary/aromatic N) is 2. The van der Waals surface area contributed by atoms with Gasteiger partial charge >= 0.3 is 6.03 Å². The van der Waals surface area contributed by atoms with Crippen LogP contribution in [-0.4, -0.2) is 29.6 Å². The van der Waals surface area contributed by atoms with Crippen LogP contribution in [0.1, 0.15) is 27.3 Å². The van der Waals surface area contributed by atoms with E-state index in [9.17, 15) is 9.59 Å². The van der Waals surface area contributed by atoms with Gasteiger partial charge in [0.05, 0.1) is 5.56 Å². The van der Waals surface area contributed by atoms with Crippen LogP contribution in [0, 0.1) is 20.8 Å². The van der Waals surface area contributed by atoms with Gasteiger partial charge in [-0.05, 0) is 62.7 Å². The number of amides is 3. The fraction of sp³-hybridized carbons (Fsp3) is 0.217. The van der Waals surface area contributed by atoms with Crippen LogP contribution in [0.25, 0.3) is 5.69 Å². The van der Waals surface area contributed by atoms with Crippen LogP contribution in [0.15, 0.2) is 54.6 Å². The van der Waals surface area contributed by atoms with E-state index in [0.717, 1.165) is 28.3 Å². The van der Waals surface area contributed by atoms with Crippen LogP contribution in [0.2, 0.25) is 0 Å². The van der Waals surface area contributed by atoms with Gasteiger partial charge in [0.1, 0.15) is 0 Å². The Labute approximate surface area is 170 Å². The second-order valence-electron chi connectivity index (χ2n) is 7.29. The topological polar surface area (TPSA) is 66.4 Å². The number of urea groups is 1. The molecule has 6 heteroatoms. The zero-order chi connectivity index (χ0) is 20.5. The number of rotatable bonds is 4. The third-order valence-electron chi connectivity index (χ3n) is 5.33. The molecule has 0 saturated carbocycles. The molecule has 0 unspecified atom stereocenters. The van der Waals surface area contributed by atoms with E-state index >= 15 is 0 Å². The number of carbonyl (C=O) groups excluding carboxylic acids is 2. The normalized spacial score (nSPS) is 13.5. The second-order valence-corrected chi connectivity index (χ2v) is 7.29. The second kappa shape index (κ2) is 7.47. The van der Waals surface area contributed by atoms with E-state index in [2.05, 4.69) is 34.3 Å². The Balaban J connectivity index is 1.56. The Hall–Kier alpha value is -3.54. The lowest BCUT2D eigenvalue weighted by atomic mass is 10.2. The molecule has 2 aromatic carbocycles. The molecule has 1 aromatic heterocycles. The molecule has 0 bridgehead atoms. The van der Waals surface area contributed by atoms with Gasteiger partial charge in [0.15, 0.2) is 0 Å². The maximum Gasteiger partial charge on any atom is 0.321 e. The monoisotopic (exact) mass is 388 g/mol. The van der Waals surface area contributed by atoms with E-state index in [1.54, 1.807) is 4.90 Å². The molecular weight excluding hydrogens is 364 g/mol. The van der Waals surface area contributed by atoms with Crippen molar-refractivity contribution in [1.29, 1.82) is 0 Å². The molecular formula is C23H24N4O2. The van der Waals surface area contributed by atoms with Crippen molar-refractivity contribution in [1.82, 2.24) is 9.88 Å². The zero-order valence-electron chi connectivity index (χ0n) is 16.8. The first kappa shape index (κ1) is 18.8. The summed E-state index contributed by atoms with van der Waals surface area (Å²) >= 11 is 0. The molecule has 1 saturated heterocycles. The molecule has 4 rings (SSSR count). The average Bonchev–Trinajstić information content (AvgIpc) is 3.26.